The first-order valence-corrected chi connectivity index (χ1v) is 7.92. The van der Waals surface area contributed by atoms with Crippen LogP contribution in [0.1, 0.15) is 24.3 Å². The number of nitrogens with zero attached hydrogens (tertiary/aromatic N) is 1. The van der Waals surface area contributed by atoms with E-state index < -0.39 is 0 Å². The molecule has 0 aliphatic heterocycles. The molecule has 1 aliphatic rings. The summed E-state index contributed by atoms with van der Waals surface area (Å²) < 4.78 is 1.16. The summed E-state index contributed by atoms with van der Waals surface area (Å²) in [5.74, 6) is 0.581. The van der Waals surface area contributed by atoms with Crippen LogP contribution >= 0.6 is 23.7 Å². The van der Waals surface area contributed by atoms with E-state index >= 15 is 0 Å². The fourth-order valence-corrected chi connectivity index (χ4v) is 3.86. The number of nitrogens with two attached hydrogens (primary N) is 1. The summed E-state index contributed by atoms with van der Waals surface area (Å²) >= 11 is 1.64. The van der Waals surface area contributed by atoms with Crippen LogP contribution in [-0.2, 0) is 11.3 Å². The van der Waals surface area contributed by atoms with Crippen molar-refractivity contribution in [1.29, 1.82) is 0 Å². The van der Waals surface area contributed by atoms with E-state index in [1.54, 1.807) is 11.3 Å². The maximum absolute atomic E-state index is 12.2. The summed E-state index contributed by atoms with van der Waals surface area (Å²) in [5.41, 5.74) is 6.73. The second kappa shape index (κ2) is 7.20. The second-order valence-electron chi connectivity index (χ2n) is 5.33. The van der Waals surface area contributed by atoms with Gasteiger partial charge in [0.25, 0.3) is 0 Å². The van der Waals surface area contributed by atoms with Gasteiger partial charge < -0.3 is 11.1 Å². The number of fused-ring (bicyclic) bond motifs is 1. The number of halogens is 1. The van der Waals surface area contributed by atoms with Gasteiger partial charge >= 0.3 is 0 Å². The number of thiazole rings is 1. The highest BCUT2D eigenvalue weighted by atomic mass is 35.5. The van der Waals surface area contributed by atoms with Crippen LogP contribution in [0.15, 0.2) is 24.3 Å². The fourth-order valence-electron chi connectivity index (χ4n) is 2.95. The predicted octanol–water partition coefficient (Wildman–Crippen LogP) is 2.71. The SMILES string of the molecule is Cl.NC[C@H]1CCC[C@H]1C(=O)NCc1nc2ccccc2s1. The summed E-state index contributed by atoms with van der Waals surface area (Å²) in [4.78, 5) is 16.7. The Bertz CT molecular complexity index is 583. The van der Waals surface area contributed by atoms with Gasteiger partial charge in [0.2, 0.25) is 5.91 Å². The second-order valence-corrected chi connectivity index (χ2v) is 6.44. The summed E-state index contributed by atoms with van der Waals surface area (Å²) in [5, 5.41) is 3.98. The topological polar surface area (TPSA) is 68.0 Å². The fraction of sp³-hybridized carbons (Fsp3) is 0.467. The Morgan fingerprint density at radius 3 is 2.95 bits per heavy atom. The maximum Gasteiger partial charge on any atom is 0.223 e. The number of amides is 1. The number of para-hydroxylation sites is 1. The Hall–Kier alpha value is -1.17. The highest BCUT2D eigenvalue weighted by Gasteiger charge is 2.31. The third-order valence-electron chi connectivity index (χ3n) is 4.05. The van der Waals surface area contributed by atoms with Crippen LogP contribution in [-0.4, -0.2) is 17.4 Å². The minimum atomic E-state index is 0. The lowest BCUT2D eigenvalue weighted by atomic mass is 9.95. The largest absolute Gasteiger partial charge is 0.349 e. The number of hydrogen-bond acceptors (Lipinski definition) is 4. The van der Waals surface area contributed by atoms with Crippen molar-refractivity contribution in [2.45, 2.75) is 25.8 Å². The summed E-state index contributed by atoms with van der Waals surface area (Å²) in [6.45, 7) is 1.13. The number of carbonyl (C=O) groups is 1. The Morgan fingerprint density at radius 2 is 2.19 bits per heavy atom. The molecule has 0 saturated heterocycles. The summed E-state index contributed by atoms with van der Waals surface area (Å²) in [6, 6.07) is 8.04. The molecule has 4 nitrogen and oxygen atoms in total. The minimum absolute atomic E-state index is 0. The van der Waals surface area contributed by atoms with Gasteiger partial charge in [0.05, 0.1) is 16.8 Å². The van der Waals surface area contributed by atoms with Gasteiger partial charge in [-0.2, -0.15) is 0 Å². The number of hydrogen-bond donors (Lipinski definition) is 2. The molecule has 21 heavy (non-hydrogen) atoms. The van der Waals surface area contributed by atoms with E-state index in [0.29, 0.717) is 19.0 Å². The first-order chi connectivity index (χ1) is 9.78. The zero-order chi connectivity index (χ0) is 13.9. The Labute approximate surface area is 134 Å². The van der Waals surface area contributed by atoms with Crippen molar-refractivity contribution in [3.63, 3.8) is 0 Å². The third-order valence-corrected chi connectivity index (χ3v) is 5.09. The molecule has 1 aromatic carbocycles. The van der Waals surface area contributed by atoms with Crippen molar-refractivity contribution in [2.75, 3.05) is 6.54 Å². The first kappa shape index (κ1) is 16.2. The normalized spacial score (nSPS) is 21.2. The Kier molecular flexibility index (Phi) is 5.56. The smallest absolute Gasteiger partial charge is 0.223 e. The molecule has 0 radical (unpaired) electrons. The van der Waals surface area contributed by atoms with Crippen LogP contribution in [0.5, 0.6) is 0 Å². The Morgan fingerprint density at radius 1 is 1.38 bits per heavy atom. The van der Waals surface area contributed by atoms with Crippen molar-refractivity contribution in [1.82, 2.24) is 10.3 Å². The van der Waals surface area contributed by atoms with Crippen molar-refractivity contribution in [3.8, 4) is 0 Å². The van der Waals surface area contributed by atoms with E-state index in [2.05, 4.69) is 16.4 Å². The molecular weight excluding hydrogens is 306 g/mol. The van der Waals surface area contributed by atoms with Crippen LogP contribution in [0.2, 0.25) is 0 Å². The standard InChI is InChI=1S/C15H19N3OS.ClH/c16-8-10-4-3-5-11(10)15(19)17-9-14-18-12-6-1-2-7-13(12)20-14;/h1-2,6-7,10-11H,3-5,8-9,16H2,(H,17,19);1H/t10-,11-;/m1./s1. The van der Waals surface area contributed by atoms with Crippen LogP contribution in [0.3, 0.4) is 0 Å². The molecule has 1 aromatic heterocycles. The lowest BCUT2D eigenvalue weighted by Gasteiger charge is -2.16. The molecule has 1 aliphatic carbocycles. The molecule has 0 unspecified atom stereocenters. The van der Waals surface area contributed by atoms with Crippen LogP contribution in [0.4, 0.5) is 0 Å². The van der Waals surface area contributed by atoms with Crippen LogP contribution < -0.4 is 11.1 Å². The van der Waals surface area contributed by atoms with Gasteiger partial charge in [0.15, 0.2) is 0 Å². The van der Waals surface area contributed by atoms with Gasteiger partial charge in [-0.1, -0.05) is 18.6 Å². The van der Waals surface area contributed by atoms with Gasteiger partial charge in [-0.15, -0.1) is 23.7 Å². The van der Waals surface area contributed by atoms with Crippen LogP contribution in [0.25, 0.3) is 10.2 Å². The van der Waals surface area contributed by atoms with Crippen molar-refractivity contribution in [3.05, 3.63) is 29.3 Å². The first-order valence-electron chi connectivity index (χ1n) is 7.10. The molecule has 1 fully saturated rings. The molecule has 114 valence electrons. The average Bonchev–Trinajstić information content (AvgIpc) is 3.10. The monoisotopic (exact) mass is 325 g/mol. The van der Waals surface area contributed by atoms with Gasteiger partial charge in [-0.25, -0.2) is 4.98 Å². The summed E-state index contributed by atoms with van der Waals surface area (Å²) in [6.07, 6.45) is 3.16. The number of carbonyl (C=O) groups excluding carboxylic acids is 1. The van der Waals surface area contributed by atoms with E-state index in [1.165, 1.54) is 0 Å². The minimum Gasteiger partial charge on any atom is -0.349 e. The van der Waals surface area contributed by atoms with Gasteiger partial charge in [-0.3, -0.25) is 4.79 Å². The van der Waals surface area contributed by atoms with E-state index in [1.807, 2.05) is 18.2 Å². The van der Waals surface area contributed by atoms with E-state index in [4.69, 9.17) is 5.73 Å². The number of nitrogens with one attached hydrogen (secondary N) is 1. The van der Waals surface area contributed by atoms with E-state index in [-0.39, 0.29) is 24.2 Å². The summed E-state index contributed by atoms with van der Waals surface area (Å²) in [7, 11) is 0. The molecule has 2 aromatic rings. The highest BCUT2D eigenvalue weighted by molar-refractivity contribution is 7.18. The number of rotatable bonds is 4. The van der Waals surface area contributed by atoms with Gasteiger partial charge in [0, 0.05) is 5.92 Å². The molecule has 1 saturated carbocycles. The average molecular weight is 326 g/mol. The molecular formula is C15H20ClN3OS. The van der Waals surface area contributed by atoms with Crippen molar-refractivity contribution in [2.24, 2.45) is 17.6 Å². The highest BCUT2D eigenvalue weighted by Crippen LogP contribution is 2.31. The molecule has 1 heterocycles. The lowest BCUT2D eigenvalue weighted by Crippen LogP contribution is -2.34. The van der Waals surface area contributed by atoms with Gasteiger partial charge in [0.1, 0.15) is 5.01 Å². The molecule has 3 rings (SSSR count). The van der Waals surface area contributed by atoms with E-state index in [0.717, 1.165) is 34.5 Å². The number of benzene rings is 1. The molecule has 1 amide bonds. The molecule has 0 bridgehead atoms. The third kappa shape index (κ3) is 3.54. The lowest BCUT2D eigenvalue weighted by molar-refractivity contribution is -0.126. The van der Waals surface area contributed by atoms with Crippen molar-refractivity contribution < 1.29 is 4.79 Å². The molecule has 6 heteroatoms. The maximum atomic E-state index is 12.2. The predicted molar refractivity (Wildman–Crippen MR) is 88.6 cm³/mol. The quantitative estimate of drug-likeness (QED) is 0.908. The van der Waals surface area contributed by atoms with E-state index in [9.17, 15) is 4.79 Å². The number of aromatic nitrogens is 1. The van der Waals surface area contributed by atoms with Crippen LogP contribution in [0, 0.1) is 11.8 Å². The Balaban J connectivity index is 0.00000161. The molecule has 2 atom stereocenters. The van der Waals surface area contributed by atoms with Gasteiger partial charge in [-0.05, 0) is 37.4 Å². The zero-order valence-corrected chi connectivity index (χ0v) is 13.4. The van der Waals surface area contributed by atoms with Crippen molar-refractivity contribution >= 4 is 39.9 Å². The zero-order valence-electron chi connectivity index (χ0n) is 11.7. The molecule has 0 spiro atoms. The molecule has 3 N–H and O–H groups in total.